The summed E-state index contributed by atoms with van der Waals surface area (Å²) in [6.45, 7) is -0.792. The van der Waals surface area contributed by atoms with Crippen LogP contribution in [0.3, 0.4) is 0 Å². The normalized spacial score (nSPS) is 17.8. The summed E-state index contributed by atoms with van der Waals surface area (Å²) in [5.74, 6) is -2.58. The predicted octanol–water partition coefficient (Wildman–Crippen LogP) is 3.65. The number of hydrogen-bond acceptors (Lipinski definition) is 5. The summed E-state index contributed by atoms with van der Waals surface area (Å²) in [6, 6.07) is -0.213. The third-order valence-electron chi connectivity index (χ3n) is 6.15. The highest BCUT2D eigenvalue weighted by atomic mass is 32.2. The lowest BCUT2D eigenvalue weighted by molar-refractivity contribution is -0.376. The van der Waals surface area contributed by atoms with Crippen molar-refractivity contribution in [2.45, 2.75) is 54.0 Å². The lowest BCUT2D eigenvalue weighted by Gasteiger charge is -2.39. The van der Waals surface area contributed by atoms with Crippen molar-refractivity contribution >= 4 is 21.6 Å². The molecule has 0 aliphatic carbocycles. The quantitative estimate of drug-likeness (QED) is 0.432. The van der Waals surface area contributed by atoms with Gasteiger partial charge in [0, 0.05) is 12.1 Å². The highest BCUT2D eigenvalue weighted by Gasteiger charge is 2.71. The Hall–Kier alpha value is -3.12. The van der Waals surface area contributed by atoms with Crippen molar-refractivity contribution in [3.8, 4) is 0 Å². The first-order chi connectivity index (χ1) is 18.1. The highest BCUT2D eigenvalue weighted by molar-refractivity contribution is 7.92. The molecular formula is C22H19F10N3O4S. The highest BCUT2D eigenvalue weighted by Crippen LogP contribution is 2.51. The molecule has 0 radical (unpaired) electrons. The molecule has 1 heterocycles. The molecule has 40 heavy (non-hydrogen) atoms. The van der Waals surface area contributed by atoms with Gasteiger partial charge in [-0.3, -0.25) is 9.10 Å². The minimum absolute atomic E-state index is 0.202. The Kier molecular flexibility index (Phi) is 8.14. The fourth-order valence-electron chi connectivity index (χ4n) is 4.06. The second-order valence-corrected chi connectivity index (χ2v) is 10.6. The van der Waals surface area contributed by atoms with Crippen LogP contribution in [0.2, 0.25) is 0 Å². The summed E-state index contributed by atoms with van der Waals surface area (Å²) in [4.78, 5) is 11.3. The molecule has 1 aliphatic heterocycles. The van der Waals surface area contributed by atoms with Crippen LogP contribution in [0, 0.1) is 5.82 Å². The average Bonchev–Trinajstić information content (AvgIpc) is 2.83. The summed E-state index contributed by atoms with van der Waals surface area (Å²) < 4.78 is 160. The zero-order chi connectivity index (χ0) is 30.5. The Morgan fingerprint density at radius 1 is 1.00 bits per heavy atom. The van der Waals surface area contributed by atoms with Crippen LogP contribution in [0.15, 0.2) is 47.4 Å². The monoisotopic (exact) mass is 611 g/mol. The second kappa shape index (κ2) is 10.4. The van der Waals surface area contributed by atoms with E-state index >= 15 is 0 Å². The second-order valence-electron chi connectivity index (χ2n) is 8.76. The van der Waals surface area contributed by atoms with Crippen LogP contribution in [0.5, 0.6) is 0 Å². The molecule has 2 atom stereocenters. The predicted molar refractivity (Wildman–Crippen MR) is 118 cm³/mol. The van der Waals surface area contributed by atoms with Gasteiger partial charge in [-0.25, -0.2) is 12.8 Å². The molecule has 0 bridgehead atoms. The Morgan fingerprint density at radius 2 is 1.55 bits per heavy atom. The van der Waals surface area contributed by atoms with Crippen molar-refractivity contribution in [2.75, 3.05) is 10.8 Å². The van der Waals surface area contributed by atoms with E-state index in [9.17, 15) is 62.2 Å². The lowest BCUT2D eigenvalue weighted by Crippen LogP contribution is -2.55. The standard InChI is InChI=1S/C22H19F10N3O4S/c23-13-3-6-15(7-4-13)40(38,39)35-14(10-34-18(36)17(33)20(24,25)26)5-1-11-9-12(2-8-16(11)35)19(37,21(27,28)29)22(30,31)32/h2-4,6-9,14,17,37H,1,5,10,33H2,(H,34,36)/t14-,17?/m0/s1. The summed E-state index contributed by atoms with van der Waals surface area (Å²) in [5.41, 5.74) is -3.02. The first kappa shape index (κ1) is 31.4. The number of aryl methyl sites for hydroxylation is 1. The molecule has 18 heteroatoms. The third kappa shape index (κ3) is 5.69. The molecule has 0 aromatic heterocycles. The zero-order valence-corrected chi connectivity index (χ0v) is 20.5. The van der Waals surface area contributed by atoms with Gasteiger partial charge < -0.3 is 16.2 Å². The number of sulfonamides is 1. The van der Waals surface area contributed by atoms with Crippen molar-refractivity contribution < 1.29 is 62.2 Å². The molecule has 3 rings (SSSR count). The fourth-order valence-corrected chi connectivity index (χ4v) is 5.77. The smallest absolute Gasteiger partial charge is 0.369 e. The van der Waals surface area contributed by atoms with Gasteiger partial charge >= 0.3 is 18.5 Å². The van der Waals surface area contributed by atoms with Gasteiger partial charge in [0.2, 0.25) is 5.91 Å². The molecule has 2 aromatic carbocycles. The fraction of sp³-hybridized carbons (Fsp3) is 0.409. The van der Waals surface area contributed by atoms with E-state index < -0.39 is 99.1 Å². The number of nitrogens with two attached hydrogens (primary N) is 1. The van der Waals surface area contributed by atoms with Crippen molar-refractivity contribution in [3.63, 3.8) is 0 Å². The number of anilines is 1. The van der Waals surface area contributed by atoms with E-state index in [2.05, 4.69) is 0 Å². The summed E-state index contributed by atoms with van der Waals surface area (Å²) in [7, 11) is -4.79. The molecule has 7 nitrogen and oxygen atoms in total. The van der Waals surface area contributed by atoms with Crippen molar-refractivity contribution in [2.24, 2.45) is 5.73 Å². The maximum Gasteiger partial charge on any atom is 0.430 e. The third-order valence-corrected chi connectivity index (χ3v) is 8.03. The topological polar surface area (TPSA) is 113 Å². The first-order valence-corrected chi connectivity index (χ1v) is 12.5. The van der Waals surface area contributed by atoms with Gasteiger partial charge in [-0.2, -0.15) is 39.5 Å². The number of nitrogens with zero attached hydrogens (tertiary/aromatic N) is 1. The van der Waals surface area contributed by atoms with Crippen LogP contribution >= 0.6 is 0 Å². The SMILES string of the molecule is NC(C(=O)NC[C@@H]1CCc2cc(C(O)(C(F)(F)F)C(F)(F)F)ccc2N1S(=O)(=O)c1ccc(F)cc1)C(F)(F)F. The van der Waals surface area contributed by atoms with E-state index in [1.807, 2.05) is 5.32 Å². The number of hydrogen-bond donors (Lipinski definition) is 3. The van der Waals surface area contributed by atoms with E-state index in [0.717, 1.165) is 24.3 Å². The molecule has 1 unspecified atom stereocenters. The zero-order valence-electron chi connectivity index (χ0n) is 19.7. The minimum atomic E-state index is -6.22. The number of nitrogens with one attached hydrogen (secondary N) is 1. The Morgan fingerprint density at radius 3 is 2.05 bits per heavy atom. The maximum absolute atomic E-state index is 13.5. The van der Waals surface area contributed by atoms with Gasteiger partial charge in [0.05, 0.1) is 16.6 Å². The number of aliphatic hydroxyl groups is 1. The molecular weight excluding hydrogens is 592 g/mol. The van der Waals surface area contributed by atoms with Crippen LogP contribution in [-0.4, -0.2) is 56.6 Å². The Labute approximate surface area is 219 Å². The van der Waals surface area contributed by atoms with Crippen molar-refractivity contribution in [1.29, 1.82) is 0 Å². The van der Waals surface area contributed by atoms with Crippen LogP contribution in [0.4, 0.5) is 49.6 Å². The van der Waals surface area contributed by atoms with E-state index in [0.29, 0.717) is 16.4 Å². The van der Waals surface area contributed by atoms with E-state index in [-0.39, 0.29) is 6.07 Å². The van der Waals surface area contributed by atoms with Gasteiger partial charge in [-0.1, -0.05) is 12.1 Å². The van der Waals surface area contributed by atoms with Crippen LogP contribution < -0.4 is 15.4 Å². The molecule has 2 aromatic rings. The molecule has 4 N–H and O–H groups in total. The number of carbonyl (C=O) groups excluding carboxylic acids is 1. The van der Waals surface area contributed by atoms with Crippen LogP contribution in [-0.2, 0) is 26.8 Å². The van der Waals surface area contributed by atoms with Gasteiger partial charge in [-0.05, 0) is 48.7 Å². The number of rotatable bonds is 6. The molecule has 0 saturated heterocycles. The van der Waals surface area contributed by atoms with Gasteiger partial charge in [0.15, 0.2) is 6.04 Å². The summed E-state index contributed by atoms with van der Waals surface area (Å²) in [6.07, 6.45) is -18.4. The number of benzene rings is 2. The van der Waals surface area contributed by atoms with Gasteiger partial charge in [-0.15, -0.1) is 0 Å². The van der Waals surface area contributed by atoms with Gasteiger partial charge in [0.25, 0.3) is 15.6 Å². The van der Waals surface area contributed by atoms with Crippen molar-refractivity contribution in [3.05, 3.63) is 59.4 Å². The van der Waals surface area contributed by atoms with Gasteiger partial charge in [0.1, 0.15) is 5.82 Å². The minimum Gasteiger partial charge on any atom is -0.369 e. The Balaban J connectivity index is 2.11. The van der Waals surface area contributed by atoms with E-state index in [4.69, 9.17) is 5.73 Å². The maximum atomic E-state index is 13.5. The van der Waals surface area contributed by atoms with E-state index in [1.54, 1.807) is 0 Å². The first-order valence-electron chi connectivity index (χ1n) is 11.0. The molecule has 0 fully saturated rings. The summed E-state index contributed by atoms with van der Waals surface area (Å²) in [5, 5.41) is 11.6. The van der Waals surface area contributed by atoms with Crippen LogP contribution in [0.25, 0.3) is 0 Å². The van der Waals surface area contributed by atoms with Crippen molar-refractivity contribution in [1.82, 2.24) is 5.32 Å². The number of alkyl halides is 9. The molecule has 0 spiro atoms. The number of amides is 1. The lowest BCUT2D eigenvalue weighted by atomic mass is 9.88. The largest absolute Gasteiger partial charge is 0.430 e. The molecule has 1 amide bonds. The average molecular weight is 611 g/mol. The molecule has 222 valence electrons. The van der Waals surface area contributed by atoms with E-state index in [1.165, 1.54) is 0 Å². The Bertz CT molecular complexity index is 1340. The van der Waals surface area contributed by atoms with Crippen LogP contribution in [0.1, 0.15) is 17.5 Å². The number of fused-ring (bicyclic) bond motifs is 1. The molecule has 0 saturated carbocycles. The summed E-state index contributed by atoms with van der Waals surface area (Å²) >= 11 is 0. The number of halogens is 10. The number of carbonyl (C=O) groups is 1. The molecule has 1 aliphatic rings.